The Hall–Kier alpha value is -2.28. The normalized spacial score (nSPS) is 13.9. The summed E-state index contributed by atoms with van der Waals surface area (Å²) in [6.07, 6.45) is 1.60. The standard InChI is InChI=1S/C14H18N4O3/c1-4-7-14(3,15)13-16-12(17-21-13)11-8-10(18(19)20)6-5-9(11)2/h5-6,8H,4,7,15H2,1-3H3. The second-order valence-electron chi connectivity index (χ2n) is 5.35. The van der Waals surface area contributed by atoms with Crippen LogP contribution in [0.5, 0.6) is 0 Å². The Labute approximate surface area is 122 Å². The highest BCUT2D eigenvalue weighted by molar-refractivity contribution is 5.63. The van der Waals surface area contributed by atoms with Gasteiger partial charge < -0.3 is 10.3 Å². The molecule has 0 saturated carbocycles. The van der Waals surface area contributed by atoms with Gasteiger partial charge >= 0.3 is 0 Å². The Morgan fingerprint density at radius 1 is 1.48 bits per heavy atom. The quantitative estimate of drug-likeness (QED) is 0.670. The van der Waals surface area contributed by atoms with Crippen LogP contribution in [-0.2, 0) is 5.54 Å². The van der Waals surface area contributed by atoms with Crippen LogP contribution in [0.15, 0.2) is 22.7 Å². The summed E-state index contributed by atoms with van der Waals surface area (Å²) in [5.41, 5.74) is 6.85. The number of hydrogen-bond acceptors (Lipinski definition) is 6. The van der Waals surface area contributed by atoms with Gasteiger partial charge in [0, 0.05) is 17.7 Å². The van der Waals surface area contributed by atoms with Gasteiger partial charge in [0.25, 0.3) is 5.69 Å². The predicted octanol–water partition coefficient (Wildman–Crippen LogP) is 2.93. The van der Waals surface area contributed by atoms with Crippen LogP contribution in [0.25, 0.3) is 11.4 Å². The van der Waals surface area contributed by atoms with Crippen molar-refractivity contribution in [2.24, 2.45) is 5.73 Å². The van der Waals surface area contributed by atoms with E-state index in [0.29, 0.717) is 23.7 Å². The Morgan fingerprint density at radius 2 is 2.19 bits per heavy atom. The Morgan fingerprint density at radius 3 is 2.81 bits per heavy atom. The van der Waals surface area contributed by atoms with Crippen molar-refractivity contribution in [1.29, 1.82) is 0 Å². The van der Waals surface area contributed by atoms with E-state index in [0.717, 1.165) is 12.0 Å². The van der Waals surface area contributed by atoms with Crippen molar-refractivity contribution in [3.63, 3.8) is 0 Å². The van der Waals surface area contributed by atoms with Crippen LogP contribution in [-0.4, -0.2) is 15.1 Å². The van der Waals surface area contributed by atoms with E-state index in [4.69, 9.17) is 10.3 Å². The summed E-state index contributed by atoms with van der Waals surface area (Å²) in [7, 11) is 0. The van der Waals surface area contributed by atoms with Gasteiger partial charge in [-0.3, -0.25) is 10.1 Å². The minimum absolute atomic E-state index is 0.00832. The number of nitro benzene ring substituents is 1. The number of aromatic nitrogens is 2. The summed E-state index contributed by atoms with van der Waals surface area (Å²) in [4.78, 5) is 14.7. The summed E-state index contributed by atoms with van der Waals surface area (Å²) in [6.45, 7) is 5.68. The zero-order valence-corrected chi connectivity index (χ0v) is 12.3. The van der Waals surface area contributed by atoms with Crippen LogP contribution in [0.3, 0.4) is 0 Å². The highest BCUT2D eigenvalue weighted by atomic mass is 16.6. The third kappa shape index (κ3) is 3.08. The average molecular weight is 290 g/mol. The fourth-order valence-electron chi connectivity index (χ4n) is 2.16. The van der Waals surface area contributed by atoms with Gasteiger partial charge in [-0.15, -0.1) is 0 Å². The van der Waals surface area contributed by atoms with Gasteiger partial charge in [-0.05, 0) is 25.8 Å². The molecule has 7 nitrogen and oxygen atoms in total. The Balaban J connectivity index is 2.42. The number of nitrogens with two attached hydrogens (primary N) is 1. The Kier molecular flexibility index (Phi) is 4.04. The van der Waals surface area contributed by atoms with Crippen LogP contribution in [0.1, 0.15) is 38.1 Å². The first-order valence-corrected chi connectivity index (χ1v) is 6.73. The van der Waals surface area contributed by atoms with Crippen molar-refractivity contribution in [3.05, 3.63) is 39.8 Å². The maximum Gasteiger partial charge on any atom is 0.270 e. The average Bonchev–Trinajstić information content (AvgIpc) is 2.89. The number of benzene rings is 1. The lowest BCUT2D eigenvalue weighted by Gasteiger charge is -2.18. The first kappa shape index (κ1) is 15.1. The molecule has 0 aliphatic rings. The largest absolute Gasteiger partial charge is 0.337 e. The van der Waals surface area contributed by atoms with Crippen LogP contribution in [0.4, 0.5) is 5.69 Å². The van der Waals surface area contributed by atoms with Crippen LogP contribution in [0.2, 0.25) is 0 Å². The van der Waals surface area contributed by atoms with Gasteiger partial charge in [-0.2, -0.15) is 4.98 Å². The van der Waals surface area contributed by atoms with Crippen molar-refractivity contribution in [1.82, 2.24) is 10.1 Å². The van der Waals surface area contributed by atoms with E-state index in [1.165, 1.54) is 12.1 Å². The third-order valence-electron chi connectivity index (χ3n) is 3.36. The molecule has 0 amide bonds. The van der Waals surface area contributed by atoms with Gasteiger partial charge in [0.05, 0.1) is 10.5 Å². The lowest BCUT2D eigenvalue weighted by molar-refractivity contribution is -0.384. The molecule has 21 heavy (non-hydrogen) atoms. The number of nitrogens with zero attached hydrogens (tertiary/aromatic N) is 3. The van der Waals surface area contributed by atoms with E-state index >= 15 is 0 Å². The Bertz CT molecular complexity index is 664. The lowest BCUT2D eigenvalue weighted by Crippen LogP contribution is -2.33. The van der Waals surface area contributed by atoms with Gasteiger partial charge in [-0.1, -0.05) is 24.6 Å². The van der Waals surface area contributed by atoms with Crippen molar-refractivity contribution in [3.8, 4) is 11.4 Å². The molecule has 2 N–H and O–H groups in total. The molecule has 0 aliphatic heterocycles. The molecule has 0 saturated heterocycles. The van der Waals surface area contributed by atoms with E-state index in [1.54, 1.807) is 6.07 Å². The van der Waals surface area contributed by atoms with E-state index < -0.39 is 10.5 Å². The second-order valence-corrected chi connectivity index (χ2v) is 5.35. The molecule has 1 atom stereocenters. The minimum atomic E-state index is -0.700. The van der Waals surface area contributed by atoms with Gasteiger partial charge in [-0.25, -0.2) is 0 Å². The monoisotopic (exact) mass is 290 g/mol. The predicted molar refractivity (Wildman–Crippen MR) is 77.6 cm³/mol. The van der Waals surface area contributed by atoms with Crippen molar-refractivity contribution in [2.75, 3.05) is 0 Å². The summed E-state index contributed by atoms with van der Waals surface area (Å²) in [5, 5.41) is 14.8. The molecule has 2 aromatic rings. The molecule has 1 heterocycles. The highest BCUT2D eigenvalue weighted by Crippen LogP contribution is 2.28. The first-order chi connectivity index (χ1) is 9.85. The van der Waals surface area contributed by atoms with Gasteiger partial charge in [0.1, 0.15) is 0 Å². The number of aryl methyl sites for hydroxylation is 1. The summed E-state index contributed by atoms with van der Waals surface area (Å²) in [6, 6.07) is 4.55. The minimum Gasteiger partial charge on any atom is -0.337 e. The van der Waals surface area contributed by atoms with E-state index in [1.807, 2.05) is 20.8 Å². The SMILES string of the molecule is CCCC(C)(N)c1nc(-c2cc([N+](=O)[O-])ccc2C)no1. The second kappa shape index (κ2) is 5.61. The van der Waals surface area contributed by atoms with Gasteiger partial charge in [0.15, 0.2) is 0 Å². The van der Waals surface area contributed by atoms with Crippen molar-refractivity contribution in [2.45, 2.75) is 39.2 Å². The van der Waals surface area contributed by atoms with Crippen LogP contribution < -0.4 is 5.73 Å². The molecule has 1 aromatic carbocycles. The molecule has 0 radical (unpaired) electrons. The summed E-state index contributed by atoms with van der Waals surface area (Å²) in [5.74, 6) is 0.657. The zero-order valence-electron chi connectivity index (χ0n) is 12.3. The van der Waals surface area contributed by atoms with Crippen LogP contribution in [0, 0.1) is 17.0 Å². The molecule has 0 fully saturated rings. The molecule has 2 rings (SSSR count). The molecule has 1 aromatic heterocycles. The fourth-order valence-corrected chi connectivity index (χ4v) is 2.16. The third-order valence-corrected chi connectivity index (χ3v) is 3.36. The zero-order chi connectivity index (χ0) is 15.6. The molecular formula is C14H18N4O3. The molecule has 112 valence electrons. The van der Waals surface area contributed by atoms with Gasteiger partial charge in [0.2, 0.25) is 11.7 Å². The lowest BCUT2D eigenvalue weighted by atomic mass is 9.98. The van der Waals surface area contributed by atoms with E-state index in [9.17, 15) is 10.1 Å². The number of nitro groups is 1. The molecule has 0 spiro atoms. The summed E-state index contributed by atoms with van der Waals surface area (Å²) >= 11 is 0. The molecule has 1 unspecified atom stereocenters. The number of non-ortho nitro benzene ring substituents is 1. The van der Waals surface area contributed by atoms with Crippen LogP contribution >= 0.6 is 0 Å². The van der Waals surface area contributed by atoms with Crippen molar-refractivity contribution < 1.29 is 9.45 Å². The first-order valence-electron chi connectivity index (χ1n) is 6.73. The fraction of sp³-hybridized carbons (Fsp3) is 0.429. The maximum absolute atomic E-state index is 10.9. The molecule has 7 heteroatoms. The summed E-state index contributed by atoms with van der Waals surface area (Å²) < 4.78 is 5.24. The smallest absolute Gasteiger partial charge is 0.270 e. The molecule has 0 aliphatic carbocycles. The van der Waals surface area contributed by atoms with Crippen molar-refractivity contribution >= 4 is 5.69 Å². The number of rotatable bonds is 5. The highest BCUT2D eigenvalue weighted by Gasteiger charge is 2.28. The topological polar surface area (TPSA) is 108 Å². The van der Waals surface area contributed by atoms with E-state index in [-0.39, 0.29) is 5.69 Å². The molecular weight excluding hydrogens is 272 g/mol. The maximum atomic E-state index is 10.9. The number of hydrogen-bond donors (Lipinski definition) is 1. The molecule has 0 bridgehead atoms. The van der Waals surface area contributed by atoms with E-state index in [2.05, 4.69) is 10.1 Å².